The van der Waals surface area contributed by atoms with Crippen LogP contribution in [0.25, 0.3) is 0 Å². The van der Waals surface area contributed by atoms with Crippen molar-refractivity contribution < 1.29 is 19.7 Å². The van der Waals surface area contributed by atoms with Gasteiger partial charge in [-0.15, -0.1) is 10.2 Å². The number of aliphatic hydroxyl groups is 2. The molecule has 0 aliphatic heterocycles. The van der Waals surface area contributed by atoms with E-state index in [0.29, 0.717) is 17.1 Å². The number of anilines is 1. The number of nitrogens with zero attached hydrogens (tertiary/aromatic N) is 2. The molecule has 0 aliphatic rings. The number of allylic oxidation sites excluding steroid dienone is 1. The van der Waals surface area contributed by atoms with Gasteiger partial charge in [-0.05, 0) is 37.6 Å². The van der Waals surface area contributed by atoms with Gasteiger partial charge in [0, 0.05) is 0 Å². The first kappa shape index (κ1) is 19.1. The summed E-state index contributed by atoms with van der Waals surface area (Å²) in [5.74, 6) is -0.475. The minimum absolute atomic E-state index is 0.0988. The second kappa shape index (κ2) is 9.33. The van der Waals surface area contributed by atoms with Gasteiger partial charge in [0.2, 0.25) is 0 Å². The quantitative estimate of drug-likeness (QED) is 0.398. The molecular weight excluding hydrogens is 334 g/mol. The first-order chi connectivity index (χ1) is 12.5. The highest BCUT2D eigenvalue weighted by Gasteiger charge is 2.15. The van der Waals surface area contributed by atoms with Crippen LogP contribution in [0.1, 0.15) is 12.5 Å². The molecule has 0 aromatic heterocycles. The summed E-state index contributed by atoms with van der Waals surface area (Å²) in [5.41, 5.74) is 1.70. The van der Waals surface area contributed by atoms with E-state index in [2.05, 4.69) is 15.5 Å². The van der Waals surface area contributed by atoms with Crippen LogP contribution in [-0.2, 0) is 4.79 Å². The third-order valence-corrected chi connectivity index (χ3v) is 3.42. The molecule has 0 bridgehead atoms. The molecule has 7 heteroatoms. The minimum Gasteiger partial charge on any atom is -0.510 e. The van der Waals surface area contributed by atoms with Crippen molar-refractivity contribution in [3.8, 4) is 5.75 Å². The van der Waals surface area contributed by atoms with E-state index in [9.17, 15) is 9.90 Å². The zero-order valence-corrected chi connectivity index (χ0v) is 14.6. The molecule has 0 fully saturated rings. The average molecular weight is 355 g/mol. The minimum atomic E-state index is -0.623. The number of para-hydroxylation sites is 2. The number of benzene rings is 2. The largest absolute Gasteiger partial charge is 0.510 e. The van der Waals surface area contributed by atoms with Crippen molar-refractivity contribution in [3.63, 3.8) is 0 Å². The van der Waals surface area contributed by atoms with E-state index in [0.717, 1.165) is 5.56 Å². The number of aliphatic hydroxyl groups excluding tert-OH is 2. The first-order valence-corrected chi connectivity index (χ1v) is 8.04. The summed E-state index contributed by atoms with van der Waals surface area (Å²) in [4.78, 5) is 12.5. The SMILES string of the molecule is CC(O)=C(N=Nc1ccccc1C)C(=O)Nc1ccccc1OCCO. The highest BCUT2D eigenvalue weighted by molar-refractivity contribution is 6.04. The van der Waals surface area contributed by atoms with Crippen molar-refractivity contribution in [2.24, 2.45) is 10.2 Å². The van der Waals surface area contributed by atoms with Crippen LogP contribution in [-0.4, -0.2) is 29.3 Å². The molecule has 136 valence electrons. The van der Waals surface area contributed by atoms with Crippen molar-refractivity contribution >= 4 is 17.3 Å². The van der Waals surface area contributed by atoms with Crippen molar-refractivity contribution in [3.05, 3.63) is 65.6 Å². The zero-order chi connectivity index (χ0) is 18.9. The average Bonchev–Trinajstić information content (AvgIpc) is 2.62. The summed E-state index contributed by atoms with van der Waals surface area (Å²) < 4.78 is 5.38. The molecular formula is C19H21N3O4. The molecule has 0 saturated heterocycles. The van der Waals surface area contributed by atoms with E-state index >= 15 is 0 Å². The third kappa shape index (κ3) is 5.15. The molecule has 0 spiro atoms. The third-order valence-electron chi connectivity index (χ3n) is 3.42. The maximum absolute atomic E-state index is 12.5. The van der Waals surface area contributed by atoms with Gasteiger partial charge in [0.15, 0.2) is 5.70 Å². The number of hydrogen-bond donors (Lipinski definition) is 3. The Morgan fingerprint density at radius 3 is 2.54 bits per heavy atom. The van der Waals surface area contributed by atoms with E-state index in [1.807, 2.05) is 25.1 Å². The number of aryl methyl sites for hydroxylation is 1. The second-order valence-electron chi connectivity index (χ2n) is 5.44. The Morgan fingerprint density at radius 1 is 1.15 bits per heavy atom. The number of nitrogens with one attached hydrogen (secondary N) is 1. The van der Waals surface area contributed by atoms with Crippen LogP contribution in [0.5, 0.6) is 5.75 Å². The number of rotatable bonds is 7. The normalized spacial score (nSPS) is 12.0. The topological polar surface area (TPSA) is 104 Å². The molecule has 3 N–H and O–H groups in total. The van der Waals surface area contributed by atoms with E-state index in [1.54, 1.807) is 30.3 Å². The molecule has 2 aromatic carbocycles. The van der Waals surface area contributed by atoms with Gasteiger partial charge in [0.05, 0.1) is 18.0 Å². The van der Waals surface area contributed by atoms with Gasteiger partial charge in [-0.2, -0.15) is 0 Å². The van der Waals surface area contributed by atoms with Crippen LogP contribution in [0.2, 0.25) is 0 Å². The summed E-state index contributed by atoms with van der Waals surface area (Å²) in [6.07, 6.45) is 0. The molecule has 26 heavy (non-hydrogen) atoms. The molecule has 7 nitrogen and oxygen atoms in total. The fourth-order valence-corrected chi connectivity index (χ4v) is 2.09. The van der Waals surface area contributed by atoms with Crippen LogP contribution in [0, 0.1) is 6.92 Å². The van der Waals surface area contributed by atoms with Gasteiger partial charge in [-0.1, -0.05) is 30.3 Å². The fraction of sp³-hybridized carbons (Fsp3) is 0.211. The van der Waals surface area contributed by atoms with Crippen LogP contribution >= 0.6 is 0 Å². The van der Waals surface area contributed by atoms with Crippen LogP contribution in [0.4, 0.5) is 11.4 Å². The molecule has 0 unspecified atom stereocenters. The zero-order valence-electron chi connectivity index (χ0n) is 14.6. The Kier molecular flexibility index (Phi) is 6.87. The summed E-state index contributed by atoms with van der Waals surface area (Å²) >= 11 is 0. The molecule has 2 aromatic rings. The summed E-state index contributed by atoms with van der Waals surface area (Å²) in [6.45, 7) is 3.19. The smallest absolute Gasteiger partial charge is 0.279 e. The van der Waals surface area contributed by atoms with E-state index < -0.39 is 5.91 Å². The predicted molar refractivity (Wildman–Crippen MR) is 98.7 cm³/mol. The highest BCUT2D eigenvalue weighted by atomic mass is 16.5. The van der Waals surface area contributed by atoms with Crippen molar-refractivity contribution in [1.29, 1.82) is 0 Å². The van der Waals surface area contributed by atoms with Crippen molar-refractivity contribution in [1.82, 2.24) is 0 Å². The summed E-state index contributed by atoms with van der Waals surface area (Å²) in [7, 11) is 0. The standard InChI is InChI=1S/C19H21N3O4/c1-13-7-3-4-8-15(13)21-22-18(14(2)24)19(25)20-16-9-5-6-10-17(16)26-12-11-23/h3-10,23-24H,11-12H2,1-2H3,(H,20,25). The summed E-state index contributed by atoms with van der Waals surface area (Å²) in [6, 6.07) is 14.1. The molecule has 1 amide bonds. The first-order valence-electron chi connectivity index (χ1n) is 8.04. The van der Waals surface area contributed by atoms with Crippen molar-refractivity contribution in [2.75, 3.05) is 18.5 Å². The lowest BCUT2D eigenvalue weighted by atomic mass is 10.2. The van der Waals surface area contributed by atoms with Gasteiger partial charge >= 0.3 is 0 Å². The maximum atomic E-state index is 12.5. The van der Waals surface area contributed by atoms with Gasteiger partial charge in [0.25, 0.3) is 5.91 Å². The van der Waals surface area contributed by atoms with Crippen LogP contribution in [0.3, 0.4) is 0 Å². The van der Waals surface area contributed by atoms with Gasteiger partial charge < -0.3 is 20.3 Å². The molecule has 2 rings (SSSR count). The number of carbonyl (C=O) groups excluding carboxylic acids is 1. The number of azo groups is 1. The number of ether oxygens (including phenoxy) is 1. The summed E-state index contributed by atoms with van der Waals surface area (Å²) in [5, 5.41) is 29.3. The van der Waals surface area contributed by atoms with E-state index in [4.69, 9.17) is 9.84 Å². The Morgan fingerprint density at radius 2 is 1.85 bits per heavy atom. The molecule has 0 atom stereocenters. The lowest BCUT2D eigenvalue weighted by molar-refractivity contribution is -0.113. The van der Waals surface area contributed by atoms with E-state index in [-0.39, 0.29) is 24.7 Å². The second-order valence-corrected chi connectivity index (χ2v) is 5.44. The molecule has 0 aliphatic carbocycles. The Bertz CT molecular complexity index is 827. The highest BCUT2D eigenvalue weighted by Crippen LogP contribution is 2.25. The Balaban J connectivity index is 2.21. The van der Waals surface area contributed by atoms with E-state index in [1.165, 1.54) is 6.92 Å². The Hall–Kier alpha value is -3.19. The lowest BCUT2D eigenvalue weighted by Crippen LogP contribution is -2.16. The number of carbonyl (C=O) groups is 1. The maximum Gasteiger partial charge on any atom is 0.279 e. The number of amides is 1. The fourth-order valence-electron chi connectivity index (χ4n) is 2.09. The molecule has 0 saturated carbocycles. The Labute approximate surface area is 151 Å². The van der Waals surface area contributed by atoms with Crippen LogP contribution < -0.4 is 10.1 Å². The molecule has 0 heterocycles. The monoisotopic (exact) mass is 355 g/mol. The molecule has 0 radical (unpaired) electrons. The lowest BCUT2D eigenvalue weighted by Gasteiger charge is -2.11. The number of hydrogen-bond acceptors (Lipinski definition) is 6. The predicted octanol–water partition coefficient (Wildman–Crippen LogP) is 3.88. The van der Waals surface area contributed by atoms with Crippen molar-refractivity contribution in [2.45, 2.75) is 13.8 Å². The van der Waals surface area contributed by atoms with Crippen LogP contribution in [0.15, 0.2) is 70.2 Å². The van der Waals surface area contributed by atoms with Gasteiger partial charge in [-0.3, -0.25) is 4.79 Å². The van der Waals surface area contributed by atoms with Gasteiger partial charge in [-0.25, -0.2) is 0 Å². The van der Waals surface area contributed by atoms with Gasteiger partial charge in [0.1, 0.15) is 18.1 Å².